The zero-order valence-corrected chi connectivity index (χ0v) is 5.10. The Kier molecular flexibility index (Phi) is 1.95. The monoisotopic (exact) mass is 128 g/mol. The smallest absolute Gasteiger partial charge is 0.103 e. The van der Waals surface area contributed by atoms with Gasteiger partial charge in [-0.15, -0.1) is 0 Å². The highest BCUT2D eigenvalue weighted by molar-refractivity contribution is 5.25. The van der Waals surface area contributed by atoms with Crippen LogP contribution in [-0.4, -0.2) is 19.4 Å². The molecule has 0 aromatic heterocycles. The number of hydrogen-bond acceptors (Lipinski definition) is 2. The number of nitrogens with one attached hydrogen (secondary N) is 1. The van der Waals surface area contributed by atoms with Gasteiger partial charge in [0, 0.05) is 13.0 Å². The number of nitrogens with zero attached hydrogens (tertiary/aromatic N) is 1. The summed E-state index contributed by atoms with van der Waals surface area (Å²) in [4.78, 5) is 3.72. The molecule has 0 spiro atoms. The molecule has 1 atom stereocenters. The van der Waals surface area contributed by atoms with Gasteiger partial charge >= 0.3 is 0 Å². The lowest BCUT2D eigenvalue weighted by atomic mass is 10.2. The maximum absolute atomic E-state index is 11.7. The normalized spacial score (nSPS) is 31.2. The van der Waals surface area contributed by atoms with Crippen molar-refractivity contribution in [1.82, 2.24) is 5.32 Å². The Morgan fingerprint density at radius 2 is 2.67 bits per heavy atom. The largest absolute Gasteiger partial charge is 0.292 e. The summed E-state index contributed by atoms with van der Waals surface area (Å²) in [5.41, 5.74) is 0.771. The van der Waals surface area contributed by atoms with Crippen LogP contribution in [0.2, 0.25) is 0 Å². The third-order valence-electron chi connectivity index (χ3n) is 1.39. The fraction of sp³-hybridized carbons (Fsp3) is 0.500. The molecule has 1 unspecified atom stereocenters. The fourth-order valence-corrected chi connectivity index (χ4v) is 0.854. The summed E-state index contributed by atoms with van der Waals surface area (Å²) < 4.78 is 11.7. The van der Waals surface area contributed by atoms with Crippen molar-refractivity contribution in [3.63, 3.8) is 0 Å². The second-order valence-electron chi connectivity index (χ2n) is 2.05. The molecule has 0 saturated carbocycles. The molecule has 0 aromatic rings. The lowest BCUT2D eigenvalue weighted by Crippen LogP contribution is -2.17. The molecule has 2 nitrogen and oxygen atoms in total. The van der Waals surface area contributed by atoms with Crippen LogP contribution in [0, 0.1) is 0 Å². The molecular formula is C6H9FN2. The molecular weight excluding hydrogens is 119 g/mol. The van der Waals surface area contributed by atoms with Gasteiger partial charge in [-0.25, -0.2) is 4.39 Å². The van der Waals surface area contributed by atoms with Gasteiger partial charge in [0.05, 0.1) is 6.33 Å². The number of hydrogen-bond donors (Lipinski definition) is 1. The number of halogens is 1. The summed E-state index contributed by atoms with van der Waals surface area (Å²) in [5, 5.41) is 2.97. The van der Waals surface area contributed by atoms with Gasteiger partial charge in [0.15, 0.2) is 0 Å². The molecule has 1 rings (SSSR count). The average molecular weight is 128 g/mol. The van der Waals surface area contributed by atoms with Gasteiger partial charge in [-0.2, -0.15) is 0 Å². The van der Waals surface area contributed by atoms with Crippen LogP contribution in [0.1, 0.15) is 6.42 Å². The molecule has 3 heteroatoms. The molecule has 0 aliphatic carbocycles. The van der Waals surface area contributed by atoms with Crippen molar-refractivity contribution < 1.29 is 4.39 Å². The van der Waals surface area contributed by atoms with E-state index in [1.807, 2.05) is 0 Å². The molecule has 0 aromatic carbocycles. The van der Waals surface area contributed by atoms with Crippen molar-refractivity contribution in [2.75, 3.05) is 6.54 Å². The Morgan fingerprint density at radius 1 is 1.89 bits per heavy atom. The highest BCUT2D eigenvalue weighted by Gasteiger charge is 2.15. The van der Waals surface area contributed by atoms with E-state index in [1.54, 1.807) is 0 Å². The van der Waals surface area contributed by atoms with Gasteiger partial charge in [-0.1, -0.05) is 0 Å². The van der Waals surface area contributed by atoms with Crippen LogP contribution in [0.4, 0.5) is 4.39 Å². The fourth-order valence-electron chi connectivity index (χ4n) is 0.854. The highest BCUT2D eigenvalue weighted by Crippen LogP contribution is 2.12. The number of rotatable bonds is 1. The summed E-state index contributed by atoms with van der Waals surface area (Å²) in [5.74, 6) is 0. The maximum Gasteiger partial charge on any atom is 0.103 e. The van der Waals surface area contributed by atoms with E-state index in [9.17, 15) is 4.39 Å². The maximum atomic E-state index is 11.7. The molecule has 1 fully saturated rings. The van der Waals surface area contributed by atoms with Gasteiger partial charge < -0.3 is 0 Å². The van der Waals surface area contributed by atoms with E-state index >= 15 is 0 Å². The molecule has 50 valence electrons. The van der Waals surface area contributed by atoms with E-state index in [-0.39, 0.29) is 6.17 Å². The van der Waals surface area contributed by atoms with E-state index in [1.165, 1.54) is 0 Å². The van der Waals surface area contributed by atoms with Crippen molar-refractivity contribution in [1.29, 1.82) is 0 Å². The molecule has 9 heavy (non-hydrogen) atoms. The van der Waals surface area contributed by atoms with Crippen LogP contribution in [-0.2, 0) is 0 Å². The molecule has 0 amide bonds. The van der Waals surface area contributed by atoms with Crippen molar-refractivity contribution in [3.05, 3.63) is 11.9 Å². The van der Waals surface area contributed by atoms with Crippen molar-refractivity contribution in [3.8, 4) is 0 Å². The molecule has 0 radical (unpaired) electrons. The lowest BCUT2D eigenvalue weighted by Gasteiger charge is -1.97. The summed E-state index contributed by atoms with van der Waals surface area (Å²) in [6, 6.07) is 0. The topological polar surface area (TPSA) is 24.4 Å². The van der Waals surface area contributed by atoms with E-state index in [0.717, 1.165) is 5.57 Å². The Bertz CT molecular complexity index is 142. The summed E-state index contributed by atoms with van der Waals surface area (Å²) in [7, 11) is 0. The summed E-state index contributed by atoms with van der Waals surface area (Å²) in [6.07, 6.45) is 1.34. The first-order valence-corrected chi connectivity index (χ1v) is 2.84. The minimum Gasteiger partial charge on any atom is -0.292 e. The Morgan fingerprint density at radius 3 is 3.00 bits per heavy atom. The second-order valence-corrected chi connectivity index (χ2v) is 2.05. The first kappa shape index (κ1) is 6.42. The van der Waals surface area contributed by atoms with Gasteiger partial charge in [-0.05, 0) is 12.3 Å². The van der Waals surface area contributed by atoms with Crippen molar-refractivity contribution >= 4 is 6.72 Å². The molecule has 1 aliphatic rings. The van der Waals surface area contributed by atoms with Crippen molar-refractivity contribution in [2.45, 2.75) is 12.6 Å². The third-order valence-corrected chi connectivity index (χ3v) is 1.39. The summed E-state index contributed by atoms with van der Waals surface area (Å²) >= 11 is 0. The van der Waals surface area contributed by atoms with Crippen LogP contribution >= 0.6 is 0 Å². The van der Waals surface area contributed by atoms with Gasteiger partial charge in [0.1, 0.15) is 6.17 Å². The van der Waals surface area contributed by atoms with Crippen LogP contribution in [0.25, 0.3) is 0 Å². The predicted octanol–water partition coefficient (Wildman–Crippen LogP) is 0.860. The van der Waals surface area contributed by atoms with Gasteiger partial charge in [0.25, 0.3) is 0 Å². The second kappa shape index (κ2) is 2.73. The van der Waals surface area contributed by atoms with E-state index < -0.39 is 0 Å². The first-order valence-electron chi connectivity index (χ1n) is 2.84. The Labute approximate surface area is 53.5 Å². The van der Waals surface area contributed by atoms with E-state index in [4.69, 9.17) is 0 Å². The third kappa shape index (κ3) is 1.36. The molecule has 1 saturated heterocycles. The zero-order chi connectivity index (χ0) is 6.69. The van der Waals surface area contributed by atoms with Crippen LogP contribution in [0.3, 0.4) is 0 Å². The SMILES string of the molecule is C=NC1C/C(=C/F)CN1. The van der Waals surface area contributed by atoms with Gasteiger partial charge in [0.2, 0.25) is 0 Å². The van der Waals surface area contributed by atoms with E-state index in [2.05, 4.69) is 17.0 Å². The highest BCUT2D eigenvalue weighted by atomic mass is 19.1. The first-order chi connectivity index (χ1) is 4.36. The average Bonchev–Trinajstić information content (AvgIpc) is 2.34. The molecule has 1 aliphatic heterocycles. The van der Waals surface area contributed by atoms with Crippen LogP contribution in [0.5, 0.6) is 0 Å². The molecule has 1 heterocycles. The zero-order valence-electron chi connectivity index (χ0n) is 5.10. The number of aliphatic imine (C=N–C) groups is 1. The summed E-state index contributed by atoms with van der Waals surface area (Å²) in [6.45, 7) is 3.96. The molecule has 0 bridgehead atoms. The lowest BCUT2D eigenvalue weighted by molar-refractivity contribution is 0.643. The van der Waals surface area contributed by atoms with Crippen LogP contribution in [0.15, 0.2) is 16.9 Å². The quantitative estimate of drug-likeness (QED) is 0.520. The van der Waals surface area contributed by atoms with E-state index in [0.29, 0.717) is 19.3 Å². The molecule has 1 N–H and O–H groups in total. The van der Waals surface area contributed by atoms with Gasteiger partial charge in [-0.3, -0.25) is 10.3 Å². The Balaban J connectivity index is 2.46. The van der Waals surface area contributed by atoms with Crippen LogP contribution < -0.4 is 5.32 Å². The Hall–Kier alpha value is -0.700. The minimum atomic E-state index is 0.0343. The minimum absolute atomic E-state index is 0.0343. The van der Waals surface area contributed by atoms with Crippen molar-refractivity contribution in [2.24, 2.45) is 4.99 Å². The standard InChI is InChI=1S/C6H9FN2/c1-8-6-2-5(3-7)4-9-6/h3,6,9H,1-2,4H2/b5-3-. The predicted molar refractivity (Wildman–Crippen MR) is 35.1 cm³/mol.